The normalized spacial score (nSPS) is 33.4. The Labute approximate surface area is 126 Å². The fraction of sp³-hybridized carbons (Fsp3) is 0.867. The standard InChI is InChI=1S/C15H26N2O2S/c1-10-3-4-12(11(2)9-10)17-14(18)15(13(16)20)5-7-19-8-6-15/h10-12H,3-9H2,1-2H3,(H2,16,20)(H,17,18). The van der Waals surface area contributed by atoms with Crippen LogP contribution in [0.3, 0.4) is 0 Å². The van der Waals surface area contributed by atoms with Crippen molar-refractivity contribution in [2.45, 2.75) is 52.0 Å². The Morgan fingerprint density at radius 2 is 1.95 bits per heavy atom. The van der Waals surface area contributed by atoms with Crippen LogP contribution in [0.4, 0.5) is 0 Å². The lowest BCUT2D eigenvalue weighted by atomic mass is 9.76. The number of nitrogens with one attached hydrogen (secondary N) is 1. The van der Waals surface area contributed by atoms with Crippen LogP contribution in [-0.2, 0) is 9.53 Å². The van der Waals surface area contributed by atoms with E-state index in [1.807, 2.05) is 0 Å². The molecule has 0 spiro atoms. The van der Waals surface area contributed by atoms with Gasteiger partial charge in [0.15, 0.2) is 0 Å². The minimum Gasteiger partial charge on any atom is -0.392 e. The van der Waals surface area contributed by atoms with Crippen molar-refractivity contribution in [1.82, 2.24) is 5.32 Å². The lowest BCUT2D eigenvalue weighted by Crippen LogP contribution is -2.55. The largest absolute Gasteiger partial charge is 0.392 e. The van der Waals surface area contributed by atoms with Crippen LogP contribution in [0.2, 0.25) is 0 Å². The van der Waals surface area contributed by atoms with Crippen molar-refractivity contribution >= 4 is 23.1 Å². The molecule has 2 fully saturated rings. The van der Waals surface area contributed by atoms with E-state index in [0.29, 0.717) is 37.0 Å². The summed E-state index contributed by atoms with van der Waals surface area (Å²) in [5.74, 6) is 1.29. The number of thiocarbonyl (C=S) groups is 1. The molecule has 0 aromatic carbocycles. The molecule has 1 saturated heterocycles. The predicted octanol–water partition coefficient (Wildman–Crippen LogP) is 2.01. The maximum absolute atomic E-state index is 12.7. The third kappa shape index (κ3) is 3.14. The molecule has 5 heteroatoms. The molecule has 1 amide bonds. The Morgan fingerprint density at radius 1 is 1.30 bits per heavy atom. The van der Waals surface area contributed by atoms with Crippen LogP contribution in [0, 0.1) is 17.3 Å². The molecule has 1 saturated carbocycles. The van der Waals surface area contributed by atoms with Crippen LogP contribution in [0.5, 0.6) is 0 Å². The molecule has 20 heavy (non-hydrogen) atoms. The third-order valence-electron chi connectivity index (χ3n) is 5.00. The fourth-order valence-electron chi connectivity index (χ4n) is 3.49. The molecule has 114 valence electrons. The van der Waals surface area contributed by atoms with E-state index in [4.69, 9.17) is 22.7 Å². The SMILES string of the molecule is CC1CCC(NC(=O)C2(C(N)=S)CCOCC2)C(C)C1. The Hall–Kier alpha value is -0.680. The number of nitrogens with two attached hydrogens (primary N) is 1. The highest BCUT2D eigenvalue weighted by atomic mass is 32.1. The first-order chi connectivity index (χ1) is 9.45. The van der Waals surface area contributed by atoms with Gasteiger partial charge in [0.25, 0.3) is 0 Å². The highest BCUT2D eigenvalue weighted by Gasteiger charge is 2.44. The van der Waals surface area contributed by atoms with Gasteiger partial charge in [0.1, 0.15) is 5.41 Å². The van der Waals surface area contributed by atoms with Gasteiger partial charge in [-0.3, -0.25) is 4.79 Å². The van der Waals surface area contributed by atoms with E-state index in [9.17, 15) is 4.79 Å². The molecule has 4 nitrogen and oxygen atoms in total. The van der Waals surface area contributed by atoms with Crippen molar-refractivity contribution in [3.63, 3.8) is 0 Å². The molecule has 0 radical (unpaired) electrons. The number of rotatable bonds is 3. The van der Waals surface area contributed by atoms with Gasteiger partial charge >= 0.3 is 0 Å². The zero-order chi connectivity index (χ0) is 14.8. The van der Waals surface area contributed by atoms with Crippen molar-refractivity contribution < 1.29 is 9.53 Å². The van der Waals surface area contributed by atoms with Crippen molar-refractivity contribution in [3.8, 4) is 0 Å². The first kappa shape index (κ1) is 15.7. The van der Waals surface area contributed by atoms with Crippen molar-refractivity contribution in [1.29, 1.82) is 0 Å². The third-order valence-corrected chi connectivity index (χ3v) is 5.39. The highest BCUT2D eigenvalue weighted by molar-refractivity contribution is 7.80. The first-order valence-corrected chi connectivity index (χ1v) is 8.05. The number of hydrogen-bond acceptors (Lipinski definition) is 3. The number of hydrogen-bond donors (Lipinski definition) is 2. The van der Waals surface area contributed by atoms with E-state index >= 15 is 0 Å². The minimum atomic E-state index is -0.698. The van der Waals surface area contributed by atoms with Gasteiger partial charge in [0, 0.05) is 19.3 Å². The average molecular weight is 298 g/mol. The summed E-state index contributed by atoms with van der Waals surface area (Å²) in [6.07, 6.45) is 4.61. The summed E-state index contributed by atoms with van der Waals surface area (Å²) in [4.78, 5) is 13.0. The monoisotopic (exact) mass is 298 g/mol. The Balaban J connectivity index is 2.03. The number of carbonyl (C=O) groups excluding carboxylic acids is 1. The van der Waals surface area contributed by atoms with Crippen LogP contribution < -0.4 is 11.1 Å². The zero-order valence-corrected chi connectivity index (χ0v) is 13.3. The zero-order valence-electron chi connectivity index (χ0n) is 12.5. The van der Waals surface area contributed by atoms with E-state index in [2.05, 4.69) is 19.2 Å². The van der Waals surface area contributed by atoms with E-state index < -0.39 is 5.41 Å². The molecule has 3 unspecified atom stereocenters. The molecule has 1 aliphatic heterocycles. The van der Waals surface area contributed by atoms with Crippen molar-refractivity contribution in [2.24, 2.45) is 23.0 Å². The maximum atomic E-state index is 12.7. The molecular formula is C15H26N2O2S. The molecule has 1 heterocycles. The molecule has 3 atom stereocenters. The lowest BCUT2D eigenvalue weighted by molar-refractivity contribution is -0.132. The Bertz CT molecular complexity index is 380. The van der Waals surface area contributed by atoms with Gasteiger partial charge in [-0.1, -0.05) is 26.1 Å². The van der Waals surface area contributed by atoms with E-state index in [1.54, 1.807) is 0 Å². The molecule has 0 bridgehead atoms. The van der Waals surface area contributed by atoms with Gasteiger partial charge in [-0.25, -0.2) is 0 Å². The summed E-state index contributed by atoms with van der Waals surface area (Å²) >= 11 is 5.18. The lowest BCUT2D eigenvalue weighted by Gasteiger charge is -2.39. The summed E-state index contributed by atoms with van der Waals surface area (Å²) in [5.41, 5.74) is 5.18. The van der Waals surface area contributed by atoms with Crippen LogP contribution in [0.15, 0.2) is 0 Å². The van der Waals surface area contributed by atoms with Crippen molar-refractivity contribution in [3.05, 3.63) is 0 Å². The number of amides is 1. The fourth-order valence-corrected chi connectivity index (χ4v) is 3.79. The van der Waals surface area contributed by atoms with Crippen molar-refractivity contribution in [2.75, 3.05) is 13.2 Å². The van der Waals surface area contributed by atoms with Gasteiger partial charge < -0.3 is 15.8 Å². The van der Waals surface area contributed by atoms with Crippen LogP contribution >= 0.6 is 12.2 Å². The second-order valence-corrected chi connectivity index (χ2v) is 6.97. The van der Waals surface area contributed by atoms with Gasteiger partial charge in [0.2, 0.25) is 5.91 Å². The van der Waals surface area contributed by atoms with Crippen LogP contribution in [0.1, 0.15) is 46.0 Å². The summed E-state index contributed by atoms with van der Waals surface area (Å²) in [5, 5.41) is 3.22. The summed E-state index contributed by atoms with van der Waals surface area (Å²) in [7, 11) is 0. The second-order valence-electron chi connectivity index (χ2n) is 6.53. The molecule has 2 rings (SSSR count). The summed E-state index contributed by atoms with van der Waals surface area (Å²) < 4.78 is 5.36. The summed E-state index contributed by atoms with van der Waals surface area (Å²) in [6.45, 7) is 5.62. The average Bonchev–Trinajstić information content (AvgIpc) is 2.42. The highest BCUT2D eigenvalue weighted by Crippen LogP contribution is 2.34. The minimum absolute atomic E-state index is 0.0136. The molecular weight excluding hydrogens is 272 g/mol. The van der Waals surface area contributed by atoms with Gasteiger partial charge in [-0.05, 0) is 43.9 Å². The van der Waals surface area contributed by atoms with Gasteiger partial charge in [-0.2, -0.15) is 0 Å². The van der Waals surface area contributed by atoms with Crippen LogP contribution in [0.25, 0.3) is 0 Å². The van der Waals surface area contributed by atoms with Gasteiger partial charge in [-0.15, -0.1) is 0 Å². The van der Waals surface area contributed by atoms with E-state index in [-0.39, 0.29) is 11.9 Å². The van der Waals surface area contributed by atoms with E-state index in [1.165, 1.54) is 12.8 Å². The maximum Gasteiger partial charge on any atom is 0.233 e. The smallest absolute Gasteiger partial charge is 0.233 e. The first-order valence-electron chi connectivity index (χ1n) is 7.64. The van der Waals surface area contributed by atoms with E-state index in [0.717, 1.165) is 12.3 Å². The van der Waals surface area contributed by atoms with Crippen LogP contribution in [-0.4, -0.2) is 30.2 Å². The molecule has 3 N–H and O–H groups in total. The molecule has 1 aliphatic carbocycles. The number of carbonyl (C=O) groups is 1. The molecule has 0 aromatic rings. The number of ether oxygens (including phenoxy) is 1. The quantitative estimate of drug-likeness (QED) is 0.782. The van der Waals surface area contributed by atoms with Gasteiger partial charge in [0.05, 0.1) is 4.99 Å². The predicted molar refractivity (Wildman–Crippen MR) is 83.4 cm³/mol. The topological polar surface area (TPSA) is 64.4 Å². The Morgan fingerprint density at radius 3 is 2.50 bits per heavy atom. The Kier molecular flexibility index (Phi) is 5.02. The second kappa shape index (κ2) is 6.39. The molecule has 0 aromatic heterocycles. The summed E-state index contributed by atoms with van der Waals surface area (Å²) in [6, 6.07) is 0.257. The molecule has 2 aliphatic rings.